The van der Waals surface area contributed by atoms with Crippen molar-refractivity contribution in [1.82, 2.24) is 4.98 Å². The number of benzene rings is 2. The van der Waals surface area contributed by atoms with Crippen molar-refractivity contribution in [2.75, 3.05) is 0 Å². The topological polar surface area (TPSA) is 15.8 Å². The summed E-state index contributed by atoms with van der Waals surface area (Å²) in [4.78, 5) is 3.37. The molecule has 0 aliphatic heterocycles. The van der Waals surface area contributed by atoms with E-state index < -0.39 is 0 Å². The minimum absolute atomic E-state index is 0.782. The van der Waals surface area contributed by atoms with Gasteiger partial charge in [0.1, 0.15) is 0 Å². The van der Waals surface area contributed by atoms with E-state index in [1.807, 2.05) is 18.2 Å². The lowest BCUT2D eigenvalue weighted by Gasteiger charge is -1.94. The van der Waals surface area contributed by atoms with Gasteiger partial charge >= 0.3 is 0 Å². The molecule has 3 rings (SSSR count). The Morgan fingerprint density at radius 1 is 0.933 bits per heavy atom. The van der Waals surface area contributed by atoms with Crippen LogP contribution in [0.25, 0.3) is 21.8 Å². The third-order valence-electron chi connectivity index (χ3n) is 2.72. The third kappa shape index (κ3) is 1.31. The maximum Gasteiger partial charge on any atom is 0.0465 e. The highest BCUT2D eigenvalue weighted by Gasteiger charge is 2.04. The summed E-state index contributed by atoms with van der Waals surface area (Å²) < 4.78 is 0. The molecule has 2 heteroatoms. The number of aromatic amines is 1. The second kappa shape index (κ2) is 3.01. The zero-order chi connectivity index (χ0) is 10.4. The monoisotopic (exact) mass is 215 g/mol. The number of aromatic nitrogens is 1. The molecule has 0 aliphatic rings. The maximum absolute atomic E-state index is 6.00. The Hall–Kier alpha value is -1.47. The fraction of sp³-hybridized carbons (Fsp3) is 0.0769. The molecule has 0 aliphatic carbocycles. The van der Waals surface area contributed by atoms with Crippen molar-refractivity contribution in [3.8, 4) is 0 Å². The van der Waals surface area contributed by atoms with Crippen LogP contribution in [0.3, 0.4) is 0 Å². The molecule has 0 amide bonds. The lowest BCUT2D eigenvalue weighted by Crippen LogP contribution is -1.71. The van der Waals surface area contributed by atoms with E-state index in [0.717, 1.165) is 16.1 Å². The molecule has 74 valence electrons. The van der Waals surface area contributed by atoms with Crippen LogP contribution in [0.5, 0.6) is 0 Å². The number of nitrogens with one attached hydrogen (secondary N) is 1. The van der Waals surface area contributed by atoms with Gasteiger partial charge in [-0.25, -0.2) is 0 Å². The summed E-state index contributed by atoms with van der Waals surface area (Å²) in [6, 6.07) is 12.3. The number of aryl methyl sites for hydroxylation is 1. The fourth-order valence-corrected chi connectivity index (χ4v) is 2.16. The Labute approximate surface area is 92.7 Å². The lowest BCUT2D eigenvalue weighted by molar-refractivity contribution is 1.49. The van der Waals surface area contributed by atoms with E-state index in [2.05, 4.69) is 30.1 Å². The Balaban J connectivity index is 2.55. The highest BCUT2D eigenvalue weighted by atomic mass is 35.5. The number of hydrogen-bond donors (Lipinski definition) is 1. The molecule has 1 nitrogen and oxygen atoms in total. The predicted molar refractivity (Wildman–Crippen MR) is 65.6 cm³/mol. The van der Waals surface area contributed by atoms with Crippen LogP contribution in [0, 0.1) is 6.92 Å². The Morgan fingerprint density at radius 3 is 2.40 bits per heavy atom. The van der Waals surface area contributed by atoms with E-state index in [1.54, 1.807) is 0 Å². The molecule has 0 bridgehead atoms. The van der Waals surface area contributed by atoms with Crippen molar-refractivity contribution in [3.63, 3.8) is 0 Å². The first-order chi connectivity index (χ1) is 7.24. The van der Waals surface area contributed by atoms with Gasteiger partial charge in [0.15, 0.2) is 0 Å². The van der Waals surface area contributed by atoms with Gasteiger partial charge in [-0.2, -0.15) is 0 Å². The van der Waals surface area contributed by atoms with Crippen LogP contribution in [0.4, 0.5) is 0 Å². The lowest BCUT2D eigenvalue weighted by atomic mass is 10.1. The van der Waals surface area contributed by atoms with Crippen molar-refractivity contribution >= 4 is 33.4 Å². The van der Waals surface area contributed by atoms with E-state index in [9.17, 15) is 0 Å². The minimum Gasteiger partial charge on any atom is -0.355 e. The fourth-order valence-electron chi connectivity index (χ4n) is 1.98. The van der Waals surface area contributed by atoms with Crippen LogP contribution in [0.2, 0.25) is 5.02 Å². The molecule has 1 aromatic heterocycles. The average molecular weight is 216 g/mol. The van der Waals surface area contributed by atoms with E-state index in [1.165, 1.54) is 16.3 Å². The number of H-pyrrole nitrogens is 1. The van der Waals surface area contributed by atoms with Crippen LogP contribution in [-0.2, 0) is 0 Å². The van der Waals surface area contributed by atoms with Crippen molar-refractivity contribution < 1.29 is 0 Å². The molecular weight excluding hydrogens is 206 g/mol. The molecule has 1 N–H and O–H groups in total. The zero-order valence-electron chi connectivity index (χ0n) is 8.34. The SMILES string of the molecule is Cc1ccc2[nH]c3ccc(Cl)cc3c2c1. The van der Waals surface area contributed by atoms with Crippen LogP contribution < -0.4 is 0 Å². The largest absolute Gasteiger partial charge is 0.355 e. The molecule has 0 fully saturated rings. The van der Waals surface area contributed by atoms with Crippen molar-refractivity contribution in [3.05, 3.63) is 47.0 Å². The van der Waals surface area contributed by atoms with E-state index >= 15 is 0 Å². The zero-order valence-corrected chi connectivity index (χ0v) is 9.10. The quantitative estimate of drug-likeness (QED) is 0.576. The van der Waals surface area contributed by atoms with E-state index in [0.29, 0.717) is 0 Å². The second-order valence-electron chi connectivity index (χ2n) is 3.86. The van der Waals surface area contributed by atoms with Crippen LogP contribution in [-0.4, -0.2) is 4.98 Å². The molecule has 15 heavy (non-hydrogen) atoms. The normalized spacial score (nSPS) is 11.3. The molecule has 0 spiro atoms. The first-order valence-electron chi connectivity index (χ1n) is 4.92. The highest BCUT2D eigenvalue weighted by molar-refractivity contribution is 6.31. The molecule has 2 aromatic carbocycles. The molecular formula is C13H10ClN. The van der Waals surface area contributed by atoms with Gasteiger partial charge in [-0.3, -0.25) is 0 Å². The maximum atomic E-state index is 6.00. The second-order valence-corrected chi connectivity index (χ2v) is 4.30. The van der Waals surface area contributed by atoms with Gasteiger partial charge in [-0.1, -0.05) is 23.2 Å². The third-order valence-corrected chi connectivity index (χ3v) is 2.95. The Bertz CT molecular complexity index is 596. The van der Waals surface area contributed by atoms with Gasteiger partial charge in [-0.05, 0) is 37.3 Å². The molecule has 0 unspecified atom stereocenters. The van der Waals surface area contributed by atoms with Gasteiger partial charge in [0, 0.05) is 26.8 Å². The minimum atomic E-state index is 0.782. The van der Waals surface area contributed by atoms with Gasteiger partial charge in [-0.15, -0.1) is 0 Å². The molecule has 3 aromatic rings. The van der Waals surface area contributed by atoms with Gasteiger partial charge in [0.2, 0.25) is 0 Å². The number of rotatable bonds is 0. The smallest absolute Gasteiger partial charge is 0.0465 e. The summed E-state index contributed by atoms with van der Waals surface area (Å²) in [5, 5.41) is 3.22. The summed E-state index contributed by atoms with van der Waals surface area (Å²) in [6.45, 7) is 2.10. The van der Waals surface area contributed by atoms with Gasteiger partial charge < -0.3 is 4.98 Å². The number of hydrogen-bond acceptors (Lipinski definition) is 0. The summed E-state index contributed by atoms with van der Waals surface area (Å²) in [5.74, 6) is 0. The summed E-state index contributed by atoms with van der Waals surface area (Å²) >= 11 is 6.00. The summed E-state index contributed by atoms with van der Waals surface area (Å²) in [5.41, 5.74) is 3.57. The Kier molecular flexibility index (Phi) is 1.77. The average Bonchev–Trinajstić information content (AvgIpc) is 2.56. The van der Waals surface area contributed by atoms with Crippen LogP contribution in [0.15, 0.2) is 36.4 Å². The summed E-state index contributed by atoms with van der Waals surface area (Å²) in [6.07, 6.45) is 0. The van der Waals surface area contributed by atoms with E-state index in [-0.39, 0.29) is 0 Å². The van der Waals surface area contributed by atoms with Crippen molar-refractivity contribution in [2.45, 2.75) is 6.92 Å². The van der Waals surface area contributed by atoms with Gasteiger partial charge in [0.05, 0.1) is 0 Å². The first-order valence-corrected chi connectivity index (χ1v) is 5.29. The Morgan fingerprint density at radius 2 is 1.60 bits per heavy atom. The van der Waals surface area contributed by atoms with Crippen LogP contribution in [0.1, 0.15) is 5.56 Å². The number of fused-ring (bicyclic) bond motifs is 3. The molecule has 0 saturated carbocycles. The standard InChI is InChI=1S/C13H10ClN/c1-8-2-4-12-10(6-8)11-7-9(14)3-5-13(11)15-12/h2-7,15H,1H3. The van der Waals surface area contributed by atoms with Crippen molar-refractivity contribution in [1.29, 1.82) is 0 Å². The molecule has 0 saturated heterocycles. The molecule has 0 atom stereocenters. The molecule has 0 radical (unpaired) electrons. The predicted octanol–water partition coefficient (Wildman–Crippen LogP) is 4.28. The molecule has 1 heterocycles. The number of halogens is 1. The van der Waals surface area contributed by atoms with Crippen molar-refractivity contribution in [2.24, 2.45) is 0 Å². The summed E-state index contributed by atoms with van der Waals surface area (Å²) in [7, 11) is 0. The highest BCUT2D eigenvalue weighted by Crippen LogP contribution is 2.28. The van der Waals surface area contributed by atoms with E-state index in [4.69, 9.17) is 11.6 Å². The first kappa shape index (κ1) is 8.81. The van der Waals surface area contributed by atoms with Crippen LogP contribution >= 0.6 is 11.6 Å². The van der Waals surface area contributed by atoms with Gasteiger partial charge in [0.25, 0.3) is 0 Å².